The van der Waals surface area contributed by atoms with Gasteiger partial charge in [0.05, 0.1) is 13.5 Å². The van der Waals surface area contributed by atoms with Crippen LogP contribution in [-0.4, -0.2) is 36.2 Å². The average molecular weight is 416 g/mol. The van der Waals surface area contributed by atoms with Gasteiger partial charge in [0.1, 0.15) is 0 Å². The number of nitrogens with zero attached hydrogens (tertiary/aromatic N) is 5. The third kappa shape index (κ3) is 2.94. The van der Waals surface area contributed by atoms with E-state index in [-0.39, 0.29) is 24.1 Å². The van der Waals surface area contributed by atoms with Gasteiger partial charge in [-0.2, -0.15) is 4.98 Å². The Hall–Kier alpha value is -3.33. The molecule has 0 atom stereocenters. The van der Waals surface area contributed by atoms with Crippen LogP contribution in [-0.2, 0) is 23.1 Å². The van der Waals surface area contributed by atoms with Crippen LogP contribution in [0.15, 0.2) is 40.1 Å². The minimum atomic E-state index is -0.540. The second kappa shape index (κ2) is 6.93. The lowest BCUT2D eigenvalue weighted by Gasteiger charge is -2.07. The fourth-order valence-corrected chi connectivity index (χ4v) is 3.55. The van der Waals surface area contributed by atoms with Crippen molar-refractivity contribution in [1.29, 1.82) is 0 Å². The number of benzene rings is 1. The topological polar surface area (TPSA) is 92.5 Å². The summed E-state index contributed by atoms with van der Waals surface area (Å²) >= 11 is 5.99. The fraction of sp³-hybridized carbons (Fsp3) is 0.263. The number of carbonyl (C=O) groups excluding carboxylic acids is 1. The summed E-state index contributed by atoms with van der Waals surface area (Å²) in [6, 6.07) is 7.24. The van der Waals surface area contributed by atoms with E-state index in [2.05, 4.69) is 9.72 Å². The first-order chi connectivity index (χ1) is 13.8. The van der Waals surface area contributed by atoms with E-state index in [1.807, 2.05) is 23.6 Å². The molecule has 150 valence electrons. The molecular weight excluding hydrogens is 398 g/mol. The molecule has 3 aromatic heterocycles. The van der Waals surface area contributed by atoms with Crippen molar-refractivity contribution in [1.82, 2.24) is 23.1 Å². The van der Waals surface area contributed by atoms with Crippen molar-refractivity contribution < 1.29 is 9.53 Å². The first kappa shape index (κ1) is 19.0. The zero-order chi connectivity index (χ0) is 20.9. The van der Waals surface area contributed by atoms with Gasteiger partial charge in [0.15, 0.2) is 11.2 Å². The van der Waals surface area contributed by atoms with Gasteiger partial charge >= 0.3 is 11.7 Å². The Bertz CT molecular complexity index is 1370. The summed E-state index contributed by atoms with van der Waals surface area (Å²) < 4.78 is 10.5. The van der Waals surface area contributed by atoms with Gasteiger partial charge in [-0.15, -0.1) is 0 Å². The molecule has 0 amide bonds. The van der Waals surface area contributed by atoms with E-state index in [0.29, 0.717) is 10.8 Å². The zero-order valence-corrected chi connectivity index (χ0v) is 16.8. The highest BCUT2D eigenvalue weighted by Gasteiger charge is 2.21. The molecule has 9 nitrogen and oxygen atoms in total. The lowest BCUT2D eigenvalue weighted by atomic mass is 10.3. The van der Waals surface area contributed by atoms with Gasteiger partial charge in [-0.3, -0.25) is 27.7 Å². The number of hydrogen-bond acceptors (Lipinski definition) is 5. The van der Waals surface area contributed by atoms with Gasteiger partial charge in [-0.25, -0.2) is 4.79 Å². The van der Waals surface area contributed by atoms with Crippen LogP contribution in [0.2, 0.25) is 5.02 Å². The van der Waals surface area contributed by atoms with Crippen LogP contribution in [0.5, 0.6) is 0 Å². The maximum atomic E-state index is 13.1. The monoisotopic (exact) mass is 415 g/mol. The van der Waals surface area contributed by atoms with Gasteiger partial charge in [-0.1, -0.05) is 11.6 Å². The molecule has 0 N–H and O–H groups in total. The third-order valence-corrected chi connectivity index (χ3v) is 5.13. The van der Waals surface area contributed by atoms with Gasteiger partial charge < -0.3 is 4.74 Å². The number of fused-ring (bicyclic) bond motifs is 3. The number of methoxy groups -OCH3 is 1. The molecule has 0 aliphatic carbocycles. The van der Waals surface area contributed by atoms with Crippen molar-refractivity contribution >= 4 is 34.5 Å². The van der Waals surface area contributed by atoms with Crippen LogP contribution in [0, 0.1) is 6.92 Å². The average Bonchev–Trinajstić information content (AvgIpc) is 3.21. The van der Waals surface area contributed by atoms with E-state index >= 15 is 0 Å². The van der Waals surface area contributed by atoms with Gasteiger partial charge in [0.25, 0.3) is 5.56 Å². The number of carbonyl (C=O) groups is 1. The Kier molecular flexibility index (Phi) is 4.54. The van der Waals surface area contributed by atoms with E-state index < -0.39 is 17.2 Å². The highest BCUT2D eigenvalue weighted by Crippen LogP contribution is 2.22. The number of aromatic nitrogens is 5. The van der Waals surface area contributed by atoms with Crippen LogP contribution < -0.4 is 11.2 Å². The second-order valence-electron chi connectivity index (χ2n) is 6.66. The van der Waals surface area contributed by atoms with Crippen molar-refractivity contribution in [3.63, 3.8) is 0 Å². The number of aryl methyl sites for hydroxylation is 2. The summed E-state index contributed by atoms with van der Waals surface area (Å²) in [4.78, 5) is 41.8. The largest absolute Gasteiger partial charge is 0.469 e. The molecule has 0 unspecified atom stereocenters. The van der Waals surface area contributed by atoms with Gasteiger partial charge in [0, 0.05) is 36.2 Å². The van der Waals surface area contributed by atoms with Crippen molar-refractivity contribution in [2.75, 3.05) is 7.11 Å². The molecular formula is C19H18ClN5O4. The van der Waals surface area contributed by atoms with E-state index in [0.717, 1.165) is 15.9 Å². The Morgan fingerprint density at radius 1 is 1.21 bits per heavy atom. The molecule has 0 radical (unpaired) electrons. The van der Waals surface area contributed by atoms with E-state index in [1.165, 1.54) is 11.7 Å². The molecule has 0 aliphatic heterocycles. The summed E-state index contributed by atoms with van der Waals surface area (Å²) in [7, 11) is 2.81. The zero-order valence-electron chi connectivity index (χ0n) is 16.0. The number of imidazole rings is 2. The molecule has 3 heterocycles. The van der Waals surface area contributed by atoms with Crippen molar-refractivity contribution in [2.45, 2.75) is 19.9 Å². The van der Waals surface area contributed by atoms with Crippen LogP contribution in [0.1, 0.15) is 12.1 Å². The molecule has 0 spiro atoms. The lowest BCUT2D eigenvalue weighted by molar-refractivity contribution is -0.140. The summed E-state index contributed by atoms with van der Waals surface area (Å²) in [5, 5.41) is 0.610. The SMILES string of the molecule is COC(=O)CCn1c(=O)c2c(nc3n(-c4ccc(Cl)cc4)c(C)cn23)n(C)c1=O. The normalized spacial score (nSPS) is 11.4. The minimum absolute atomic E-state index is 0.0712. The van der Waals surface area contributed by atoms with E-state index in [4.69, 9.17) is 11.6 Å². The van der Waals surface area contributed by atoms with E-state index in [1.54, 1.807) is 29.8 Å². The molecule has 0 saturated carbocycles. The van der Waals surface area contributed by atoms with Gasteiger partial charge in [0.2, 0.25) is 5.78 Å². The molecule has 4 rings (SSSR count). The standard InChI is InChI=1S/C19H18ClN5O4/c1-11-10-24-15-16(21-18(24)25(11)13-6-4-12(20)5-7-13)22(2)19(28)23(17(15)27)9-8-14(26)29-3/h4-7,10H,8-9H2,1-3H3. The first-order valence-electron chi connectivity index (χ1n) is 8.86. The predicted molar refractivity (Wildman–Crippen MR) is 108 cm³/mol. The quantitative estimate of drug-likeness (QED) is 0.473. The molecule has 0 bridgehead atoms. The van der Waals surface area contributed by atoms with Crippen LogP contribution >= 0.6 is 11.6 Å². The van der Waals surface area contributed by atoms with Crippen molar-refractivity contribution in [3.05, 3.63) is 62.0 Å². The van der Waals surface area contributed by atoms with Crippen molar-refractivity contribution in [3.8, 4) is 5.69 Å². The summed E-state index contributed by atoms with van der Waals surface area (Å²) in [5.74, 6) is -0.000132. The Morgan fingerprint density at radius 3 is 2.55 bits per heavy atom. The maximum Gasteiger partial charge on any atom is 0.332 e. The Balaban J connectivity index is 1.99. The maximum absolute atomic E-state index is 13.1. The molecule has 29 heavy (non-hydrogen) atoms. The van der Waals surface area contributed by atoms with Crippen LogP contribution in [0.4, 0.5) is 0 Å². The lowest BCUT2D eigenvalue weighted by Crippen LogP contribution is -2.39. The van der Waals surface area contributed by atoms with E-state index in [9.17, 15) is 14.4 Å². The number of ether oxygens (including phenoxy) is 1. The Morgan fingerprint density at radius 2 is 1.90 bits per heavy atom. The number of halogens is 1. The van der Waals surface area contributed by atoms with Crippen LogP contribution in [0.25, 0.3) is 22.6 Å². The number of hydrogen-bond donors (Lipinski definition) is 0. The highest BCUT2D eigenvalue weighted by molar-refractivity contribution is 6.30. The smallest absolute Gasteiger partial charge is 0.332 e. The molecule has 10 heteroatoms. The summed E-state index contributed by atoms with van der Waals surface area (Å²) in [6.07, 6.45) is 1.71. The first-order valence-corrected chi connectivity index (χ1v) is 9.24. The molecule has 0 aliphatic rings. The van der Waals surface area contributed by atoms with Crippen LogP contribution in [0.3, 0.4) is 0 Å². The molecule has 0 saturated heterocycles. The third-order valence-electron chi connectivity index (χ3n) is 4.88. The summed E-state index contributed by atoms with van der Waals surface area (Å²) in [5.41, 5.74) is 1.17. The van der Waals surface area contributed by atoms with Gasteiger partial charge in [-0.05, 0) is 31.2 Å². The van der Waals surface area contributed by atoms with Crippen molar-refractivity contribution in [2.24, 2.45) is 7.05 Å². The summed E-state index contributed by atoms with van der Waals surface area (Å²) in [6.45, 7) is 1.82. The number of rotatable bonds is 4. The Labute approximate surface area is 169 Å². The predicted octanol–water partition coefficient (Wildman–Crippen LogP) is 1.66. The molecule has 1 aromatic carbocycles. The molecule has 0 fully saturated rings. The fourth-order valence-electron chi connectivity index (χ4n) is 3.42. The highest BCUT2D eigenvalue weighted by atomic mass is 35.5. The second-order valence-corrected chi connectivity index (χ2v) is 7.10. The number of esters is 1. The minimum Gasteiger partial charge on any atom is -0.469 e. The molecule has 4 aromatic rings.